The lowest BCUT2D eigenvalue weighted by molar-refractivity contribution is -0.113. The van der Waals surface area contributed by atoms with E-state index < -0.39 is 0 Å². The van der Waals surface area contributed by atoms with Crippen LogP contribution in [0.3, 0.4) is 0 Å². The highest BCUT2D eigenvalue weighted by Gasteiger charge is 2.31. The van der Waals surface area contributed by atoms with E-state index in [-0.39, 0.29) is 28.9 Å². The summed E-state index contributed by atoms with van der Waals surface area (Å²) < 4.78 is 7.55. The third-order valence-corrected chi connectivity index (χ3v) is 6.00. The molecule has 0 fully saturated rings. The summed E-state index contributed by atoms with van der Waals surface area (Å²) in [5.41, 5.74) is 1.47. The fourth-order valence-corrected chi connectivity index (χ4v) is 4.55. The van der Waals surface area contributed by atoms with Crippen LogP contribution in [0.1, 0.15) is 63.0 Å². The third kappa shape index (κ3) is 4.08. The van der Waals surface area contributed by atoms with Crippen LogP contribution in [0.5, 0.6) is 5.75 Å². The van der Waals surface area contributed by atoms with E-state index in [1.165, 1.54) is 11.8 Å². The number of carbonyl (C=O) groups is 1. The number of benzene rings is 1. The molecule has 1 aromatic heterocycles. The second-order valence-electron chi connectivity index (χ2n) is 7.02. The Morgan fingerprint density at radius 2 is 1.85 bits per heavy atom. The van der Waals surface area contributed by atoms with Crippen molar-refractivity contribution in [3.05, 3.63) is 45.7 Å². The van der Waals surface area contributed by atoms with Crippen LogP contribution in [0.25, 0.3) is 0 Å². The Hall–Kier alpha value is -2.15. The first kappa shape index (κ1) is 19.6. The van der Waals surface area contributed by atoms with E-state index in [0.29, 0.717) is 17.1 Å². The highest BCUT2D eigenvalue weighted by molar-refractivity contribution is 8.00. The van der Waals surface area contributed by atoms with Crippen LogP contribution in [-0.4, -0.2) is 27.5 Å². The Balaban J connectivity index is 2.04. The molecule has 6 nitrogen and oxygen atoms in total. The maximum absolute atomic E-state index is 12.8. The monoisotopic (exact) mass is 389 g/mol. The zero-order valence-corrected chi connectivity index (χ0v) is 17.1. The van der Waals surface area contributed by atoms with Crippen molar-refractivity contribution in [1.82, 2.24) is 9.78 Å². The Bertz CT molecular complexity index is 850. The zero-order valence-electron chi connectivity index (χ0n) is 16.2. The van der Waals surface area contributed by atoms with Gasteiger partial charge in [-0.1, -0.05) is 26.0 Å². The summed E-state index contributed by atoms with van der Waals surface area (Å²) in [6, 6.07) is 7.93. The van der Waals surface area contributed by atoms with Crippen LogP contribution in [-0.2, 0) is 4.79 Å². The first-order chi connectivity index (χ1) is 12.9. The molecule has 1 aliphatic heterocycles. The van der Waals surface area contributed by atoms with Gasteiger partial charge in [-0.3, -0.25) is 19.4 Å². The molecule has 1 unspecified atom stereocenters. The van der Waals surface area contributed by atoms with Gasteiger partial charge in [-0.15, -0.1) is 11.8 Å². The summed E-state index contributed by atoms with van der Waals surface area (Å²) in [4.78, 5) is 25.1. The van der Waals surface area contributed by atoms with Crippen LogP contribution >= 0.6 is 11.8 Å². The number of rotatable bonds is 6. The second kappa shape index (κ2) is 8.25. The van der Waals surface area contributed by atoms with Crippen molar-refractivity contribution in [3.63, 3.8) is 0 Å². The summed E-state index contributed by atoms with van der Waals surface area (Å²) in [5, 5.41) is 5.69. The first-order valence-electron chi connectivity index (χ1n) is 9.47. The summed E-state index contributed by atoms with van der Waals surface area (Å²) in [7, 11) is 0. The molecule has 0 saturated carbocycles. The van der Waals surface area contributed by atoms with Crippen molar-refractivity contribution in [3.8, 4) is 5.75 Å². The Kier molecular flexibility index (Phi) is 5.99. The number of thioether (sulfide) groups is 1. The van der Waals surface area contributed by atoms with Gasteiger partial charge in [0.25, 0.3) is 5.56 Å². The van der Waals surface area contributed by atoms with E-state index in [0.717, 1.165) is 24.2 Å². The number of anilines is 1. The highest BCUT2D eigenvalue weighted by Crippen LogP contribution is 2.41. The van der Waals surface area contributed by atoms with Gasteiger partial charge in [0.2, 0.25) is 5.91 Å². The van der Waals surface area contributed by atoms with E-state index in [1.54, 1.807) is 0 Å². The van der Waals surface area contributed by atoms with Gasteiger partial charge in [0.15, 0.2) is 0 Å². The molecule has 2 heterocycles. The molecule has 3 rings (SSSR count). The second-order valence-corrected chi connectivity index (χ2v) is 8.11. The van der Waals surface area contributed by atoms with Crippen LogP contribution in [0.4, 0.5) is 5.82 Å². The minimum absolute atomic E-state index is 0.0813. The number of ether oxygens (including phenoxy) is 1. The van der Waals surface area contributed by atoms with Crippen molar-refractivity contribution in [2.45, 2.75) is 57.9 Å². The van der Waals surface area contributed by atoms with Gasteiger partial charge in [-0.2, -0.15) is 0 Å². The number of fused-ring (bicyclic) bond motifs is 1. The number of aromatic nitrogens is 2. The number of nitrogens with zero attached hydrogens (tertiary/aromatic N) is 1. The molecular weight excluding hydrogens is 362 g/mol. The normalized spacial score (nSPS) is 17.0. The van der Waals surface area contributed by atoms with Gasteiger partial charge < -0.3 is 10.1 Å². The number of hydrogen-bond donors (Lipinski definition) is 2. The standard InChI is InChI=1S/C20H27N3O3S/c1-5-14(6-2)23-19-17(20(25)22-23)18(27-11-16(24)21-19)13-7-9-15(10-8-13)26-12(3)4/h7-10,12,14,18H,5-6,11H2,1-4H3,(H,21,24)(H,22,25). The van der Waals surface area contributed by atoms with Crippen molar-refractivity contribution in [1.29, 1.82) is 0 Å². The smallest absolute Gasteiger partial charge is 0.270 e. The lowest BCUT2D eigenvalue weighted by Gasteiger charge is -2.18. The molecule has 7 heteroatoms. The zero-order chi connectivity index (χ0) is 19.6. The largest absolute Gasteiger partial charge is 0.491 e. The Morgan fingerprint density at radius 3 is 2.44 bits per heavy atom. The van der Waals surface area contributed by atoms with Crippen molar-refractivity contribution in [2.75, 3.05) is 11.1 Å². The molecule has 0 spiro atoms. The molecule has 1 aliphatic rings. The maximum atomic E-state index is 12.8. The van der Waals surface area contributed by atoms with E-state index >= 15 is 0 Å². The van der Waals surface area contributed by atoms with Gasteiger partial charge in [0.1, 0.15) is 11.6 Å². The molecule has 0 radical (unpaired) electrons. The number of hydrogen-bond acceptors (Lipinski definition) is 4. The third-order valence-electron chi connectivity index (χ3n) is 4.73. The molecular formula is C20H27N3O3S. The van der Waals surface area contributed by atoms with E-state index in [1.807, 2.05) is 42.8 Å². The Labute approximate surface area is 163 Å². The molecule has 1 aromatic carbocycles. The number of nitrogens with one attached hydrogen (secondary N) is 2. The Morgan fingerprint density at radius 1 is 1.19 bits per heavy atom. The molecule has 146 valence electrons. The molecule has 1 atom stereocenters. The minimum Gasteiger partial charge on any atom is -0.491 e. The summed E-state index contributed by atoms with van der Waals surface area (Å²) in [6.45, 7) is 8.13. The van der Waals surface area contributed by atoms with Crippen LogP contribution in [0.2, 0.25) is 0 Å². The van der Waals surface area contributed by atoms with Gasteiger partial charge in [-0.05, 0) is 44.4 Å². The van der Waals surface area contributed by atoms with Gasteiger partial charge >= 0.3 is 0 Å². The average molecular weight is 390 g/mol. The first-order valence-corrected chi connectivity index (χ1v) is 10.5. The lowest BCUT2D eigenvalue weighted by Crippen LogP contribution is -2.19. The average Bonchev–Trinajstić information content (AvgIpc) is 2.83. The molecule has 27 heavy (non-hydrogen) atoms. The fourth-order valence-electron chi connectivity index (χ4n) is 3.43. The van der Waals surface area contributed by atoms with Crippen molar-refractivity contribution >= 4 is 23.5 Å². The fraction of sp³-hybridized carbons (Fsp3) is 0.500. The molecule has 0 saturated heterocycles. The predicted octanol–water partition coefficient (Wildman–Crippen LogP) is 4.10. The predicted molar refractivity (Wildman–Crippen MR) is 110 cm³/mol. The lowest BCUT2D eigenvalue weighted by atomic mass is 10.1. The highest BCUT2D eigenvalue weighted by atomic mass is 32.2. The van der Waals surface area contributed by atoms with Crippen molar-refractivity contribution in [2.24, 2.45) is 0 Å². The van der Waals surface area contributed by atoms with Crippen LogP contribution < -0.4 is 15.6 Å². The number of amides is 1. The van der Waals surface area contributed by atoms with Gasteiger partial charge in [0.05, 0.1) is 28.7 Å². The number of carbonyl (C=O) groups excluding carboxylic acids is 1. The van der Waals surface area contributed by atoms with E-state index in [9.17, 15) is 9.59 Å². The SMILES string of the molecule is CCC(CC)n1[nH]c(=O)c2c1NC(=O)CSC2c1ccc(OC(C)C)cc1. The molecule has 0 aliphatic carbocycles. The van der Waals surface area contributed by atoms with Crippen LogP contribution in [0.15, 0.2) is 29.1 Å². The minimum atomic E-state index is -0.202. The summed E-state index contributed by atoms with van der Waals surface area (Å²) >= 11 is 1.48. The van der Waals surface area contributed by atoms with Crippen molar-refractivity contribution < 1.29 is 9.53 Å². The van der Waals surface area contributed by atoms with Crippen LogP contribution in [0, 0.1) is 0 Å². The molecule has 2 aromatic rings. The quantitative estimate of drug-likeness (QED) is 0.780. The van der Waals surface area contributed by atoms with Gasteiger partial charge in [0, 0.05) is 0 Å². The van der Waals surface area contributed by atoms with Gasteiger partial charge in [-0.25, -0.2) is 0 Å². The molecule has 1 amide bonds. The molecule has 0 bridgehead atoms. The summed E-state index contributed by atoms with van der Waals surface area (Å²) in [5.74, 6) is 1.63. The number of H-pyrrole nitrogens is 1. The van der Waals surface area contributed by atoms with E-state index in [4.69, 9.17) is 4.74 Å². The molecule has 2 N–H and O–H groups in total. The maximum Gasteiger partial charge on any atom is 0.270 e. The topological polar surface area (TPSA) is 76.1 Å². The van der Waals surface area contributed by atoms with E-state index in [2.05, 4.69) is 24.3 Å². The number of aromatic amines is 1. The summed E-state index contributed by atoms with van der Waals surface area (Å²) in [6.07, 6.45) is 1.86.